The lowest BCUT2D eigenvalue weighted by Gasteiger charge is -2.21. The van der Waals surface area contributed by atoms with E-state index in [2.05, 4.69) is 49.4 Å². The zero-order chi connectivity index (χ0) is 14.0. The highest BCUT2D eigenvalue weighted by Crippen LogP contribution is 2.30. The highest BCUT2D eigenvalue weighted by molar-refractivity contribution is 6.31. The third-order valence-corrected chi connectivity index (χ3v) is 3.94. The number of halogens is 1. The van der Waals surface area contributed by atoms with Crippen LogP contribution in [-0.4, -0.2) is 16.8 Å². The maximum absolute atomic E-state index is 6.32. The van der Waals surface area contributed by atoms with E-state index < -0.39 is 0 Å². The molecule has 0 aliphatic heterocycles. The van der Waals surface area contributed by atoms with Gasteiger partial charge in [0, 0.05) is 6.54 Å². The SMILES string of the molecule is CCn1ncc(Cl)c1C(NC)c1cccc(C)c1C. The number of aromatic nitrogens is 2. The van der Waals surface area contributed by atoms with Gasteiger partial charge in [0.15, 0.2) is 0 Å². The van der Waals surface area contributed by atoms with Crippen molar-refractivity contribution in [2.45, 2.75) is 33.4 Å². The van der Waals surface area contributed by atoms with E-state index in [1.165, 1.54) is 16.7 Å². The number of nitrogens with one attached hydrogen (secondary N) is 1. The highest BCUT2D eigenvalue weighted by Gasteiger charge is 2.21. The summed E-state index contributed by atoms with van der Waals surface area (Å²) >= 11 is 6.32. The first-order chi connectivity index (χ1) is 9.10. The molecule has 1 heterocycles. The first-order valence-corrected chi connectivity index (χ1v) is 6.92. The largest absolute Gasteiger partial charge is 0.308 e. The molecule has 2 rings (SSSR count). The molecule has 0 aliphatic rings. The predicted octanol–water partition coefficient (Wildman–Crippen LogP) is 3.48. The fourth-order valence-corrected chi connectivity index (χ4v) is 2.69. The average Bonchev–Trinajstić information content (AvgIpc) is 2.77. The molecule has 0 fully saturated rings. The van der Waals surface area contributed by atoms with Gasteiger partial charge in [0.25, 0.3) is 0 Å². The normalized spacial score (nSPS) is 12.7. The lowest BCUT2D eigenvalue weighted by molar-refractivity contribution is 0.562. The van der Waals surface area contributed by atoms with E-state index in [1.54, 1.807) is 6.20 Å². The van der Waals surface area contributed by atoms with Crippen molar-refractivity contribution in [2.75, 3.05) is 7.05 Å². The molecule has 0 amide bonds. The van der Waals surface area contributed by atoms with Crippen molar-refractivity contribution in [3.8, 4) is 0 Å². The number of benzene rings is 1. The minimum atomic E-state index is 0.0647. The van der Waals surface area contributed by atoms with E-state index in [1.807, 2.05) is 11.7 Å². The molecule has 0 saturated heterocycles. The van der Waals surface area contributed by atoms with Crippen molar-refractivity contribution in [2.24, 2.45) is 0 Å². The summed E-state index contributed by atoms with van der Waals surface area (Å²) in [4.78, 5) is 0. The monoisotopic (exact) mass is 277 g/mol. The van der Waals surface area contributed by atoms with Gasteiger partial charge in [0.1, 0.15) is 0 Å². The summed E-state index contributed by atoms with van der Waals surface area (Å²) < 4.78 is 1.95. The highest BCUT2D eigenvalue weighted by atomic mass is 35.5. The zero-order valence-electron chi connectivity index (χ0n) is 11.9. The van der Waals surface area contributed by atoms with Gasteiger partial charge in [-0.1, -0.05) is 29.8 Å². The van der Waals surface area contributed by atoms with E-state index in [4.69, 9.17) is 11.6 Å². The third-order valence-electron chi connectivity index (χ3n) is 3.65. The van der Waals surface area contributed by atoms with Gasteiger partial charge in [0.2, 0.25) is 0 Å². The Labute approximate surface area is 119 Å². The molecule has 0 spiro atoms. The van der Waals surface area contributed by atoms with Crippen LogP contribution in [0, 0.1) is 13.8 Å². The molecular weight excluding hydrogens is 258 g/mol. The average molecular weight is 278 g/mol. The van der Waals surface area contributed by atoms with Gasteiger partial charge in [-0.15, -0.1) is 0 Å². The van der Waals surface area contributed by atoms with Crippen LogP contribution >= 0.6 is 11.6 Å². The van der Waals surface area contributed by atoms with Gasteiger partial charge in [-0.25, -0.2) is 0 Å². The molecule has 1 aromatic heterocycles. The quantitative estimate of drug-likeness (QED) is 0.927. The lowest BCUT2D eigenvalue weighted by Crippen LogP contribution is -2.22. The second-order valence-electron chi connectivity index (χ2n) is 4.70. The van der Waals surface area contributed by atoms with Crippen LogP contribution in [0.25, 0.3) is 0 Å². The van der Waals surface area contributed by atoms with Crippen molar-refractivity contribution in [3.63, 3.8) is 0 Å². The second-order valence-corrected chi connectivity index (χ2v) is 5.11. The van der Waals surface area contributed by atoms with Crippen LogP contribution in [0.15, 0.2) is 24.4 Å². The summed E-state index contributed by atoms with van der Waals surface area (Å²) in [6.45, 7) is 7.16. The summed E-state index contributed by atoms with van der Waals surface area (Å²) in [7, 11) is 1.95. The fourth-order valence-electron chi connectivity index (χ4n) is 2.44. The van der Waals surface area contributed by atoms with Crippen molar-refractivity contribution in [3.05, 3.63) is 51.8 Å². The number of nitrogens with zero attached hydrogens (tertiary/aromatic N) is 2. The summed E-state index contributed by atoms with van der Waals surface area (Å²) in [6, 6.07) is 6.43. The van der Waals surface area contributed by atoms with Crippen LogP contribution < -0.4 is 5.32 Å². The summed E-state index contributed by atoms with van der Waals surface area (Å²) in [5.41, 5.74) is 4.86. The smallest absolute Gasteiger partial charge is 0.0837 e. The molecule has 19 heavy (non-hydrogen) atoms. The minimum absolute atomic E-state index is 0.0647. The summed E-state index contributed by atoms with van der Waals surface area (Å²) in [6.07, 6.45) is 1.72. The van der Waals surface area contributed by atoms with Crippen LogP contribution in [0.3, 0.4) is 0 Å². The van der Waals surface area contributed by atoms with E-state index in [0.717, 1.165) is 12.2 Å². The van der Waals surface area contributed by atoms with Crippen LogP contribution in [0.2, 0.25) is 5.02 Å². The van der Waals surface area contributed by atoms with Gasteiger partial charge >= 0.3 is 0 Å². The summed E-state index contributed by atoms with van der Waals surface area (Å²) in [5.74, 6) is 0. The molecule has 0 aliphatic carbocycles. The number of hydrogen-bond acceptors (Lipinski definition) is 2. The molecule has 102 valence electrons. The first-order valence-electron chi connectivity index (χ1n) is 6.54. The fraction of sp³-hybridized carbons (Fsp3) is 0.400. The van der Waals surface area contributed by atoms with E-state index in [-0.39, 0.29) is 6.04 Å². The molecule has 4 heteroatoms. The maximum Gasteiger partial charge on any atom is 0.0837 e. The molecule has 2 aromatic rings. The molecule has 1 N–H and O–H groups in total. The van der Waals surface area contributed by atoms with Crippen molar-refractivity contribution in [1.29, 1.82) is 0 Å². The Morgan fingerprint density at radius 3 is 2.74 bits per heavy atom. The Kier molecular flexibility index (Phi) is 4.27. The van der Waals surface area contributed by atoms with Crippen LogP contribution in [0.5, 0.6) is 0 Å². The van der Waals surface area contributed by atoms with E-state index in [0.29, 0.717) is 5.02 Å². The van der Waals surface area contributed by atoms with Crippen LogP contribution in [0.4, 0.5) is 0 Å². The zero-order valence-corrected chi connectivity index (χ0v) is 12.6. The van der Waals surface area contributed by atoms with Crippen molar-refractivity contribution < 1.29 is 0 Å². The lowest BCUT2D eigenvalue weighted by atomic mass is 9.95. The summed E-state index contributed by atoms with van der Waals surface area (Å²) in [5, 5.41) is 8.39. The third kappa shape index (κ3) is 2.53. The van der Waals surface area contributed by atoms with Gasteiger partial charge < -0.3 is 5.32 Å². The molecular formula is C15H20ClN3. The van der Waals surface area contributed by atoms with Crippen molar-refractivity contribution >= 4 is 11.6 Å². The molecule has 0 saturated carbocycles. The van der Waals surface area contributed by atoms with Gasteiger partial charge in [0.05, 0.1) is 23.0 Å². The van der Waals surface area contributed by atoms with Crippen LogP contribution in [0.1, 0.15) is 35.3 Å². The molecule has 3 nitrogen and oxygen atoms in total. The molecule has 1 aromatic carbocycles. The Balaban J connectivity index is 2.56. The van der Waals surface area contributed by atoms with Gasteiger partial charge in [-0.2, -0.15) is 5.10 Å². The van der Waals surface area contributed by atoms with E-state index in [9.17, 15) is 0 Å². The first kappa shape index (κ1) is 14.1. The standard InChI is InChI=1S/C15H20ClN3/c1-5-19-15(13(16)9-18-19)14(17-4)12-8-6-7-10(2)11(12)3/h6-9,14,17H,5H2,1-4H3. The molecule has 1 unspecified atom stereocenters. The molecule has 0 bridgehead atoms. The number of rotatable bonds is 4. The predicted molar refractivity (Wildman–Crippen MR) is 79.7 cm³/mol. The van der Waals surface area contributed by atoms with Gasteiger partial charge in [-0.05, 0) is 44.5 Å². The van der Waals surface area contributed by atoms with Crippen LogP contribution in [-0.2, 0) is 6.54 Å². The number of hydrogen-bond donors (Lipinski definition) is 1. The van der Waals surface area contributed by atoms with Crippen molar-refractivity contribution in [1.82, 2.24) is 15.1 Å². The second kappa shape index (κ2) is 5.76. The van der Waals surface area contributed by atoms with E-state index >= 15 is 0 Å². The van der Waals surface area contributed by atoms with Gasteiger partial charge in [-0.3, -0.25) is 4.68 Å². The topological polar surface area (TPSA) is 29.9 Å². The number of aryl methyl sites for hydroxylation is 2. The Hall–Kier alpha value is -1.32. The minimum Gasteiger partial charge on any atom is -0.308 e. The molecule has 0 radical (unpaired) electrons. The molecule has 1 atom stereocenters. The Morgan fingerprint density at radius 1 is 1.37 bits per heavy atom. The Morgan fingerprint density at radius 2 is 2.11 bits per heavy atom. The Bertz CT molecular complexity index is 575. The maximum atomic E-state index is 6.32.